The molecule has 3 rings (SSSR count). The fourth-order valence-corrected chi connectivity index (χ4v) is 3.20. The van der Waals surface area contributed by atoms with E-state index in [4.69, 9.17) is 19.9 Å². The maximum atomic E-state index is 9.37. The molecule has 33 heavy (non-hydrogen) atoms. The van der Waals surface area contributed by atoms with Crippen molar-refractivity contribution in [2.45, 2.75) is 40.2 Å². The normalized spacial score (nSPS) is 10.4. The Labute approximate surface area is 195 Å². The Kier molecular flexibility index (Phi) is 10.4. The minimum atomic E-state index is -0.208. The second-order valence-electron chi connectivity index (χ2n) is 7.22. The zero-order chi connectivity index (χ0) is 22.8. The van der Waals surface area contributed by atoms with Crippen LogP contribution in [-0.4, -0.2) is 46.6 Å². The molecule has 0 aliphatic rings. The quantitative estimate of drug-likeness (QED) is 0.268. The number of benzene rings is 1. The van der Waals surface area contributed by atoms with Gasteiger partial charge < -0.3 is 25.3 Å². The number of pyridine rings is 1. The van der Waals surface area contributed by atoms with E-state index in [1.165, 1.54) is 12.4 Å². The fourth-order valence-electron chi connectivity index (χ4n) is 3.20. The lowest BCUT2D eigenvalue weighted by Crippen LogP contribution is -2.08. The zero-order valence-corrected chi connectivity index (χ0v) is 18.5. The van der Waals surface area contributed by atoms with Gasteiger partial charge in [-0.3, -0.25) is 9.97 Å². The molecule has 2 aromatic heterocycles. The van der Waals surface area contributed by atoms with Crippen molar-refractivity contribution in [1.82, 2.24) is 15.0 Å². The first-order chi connectivity index (χ1) is 15.7. The van der Waals surface area contributed by atoms with Gasteiger partial charge in [-0.25, -0.2) is 4.98 Å². The highest BCUT2D eigenvalue weighted by Crippen LogP contribution is 2.33. The number of aromatic nitrogens is 3. The van der Waals surface area contributed by atoms with Crippen LogP contribution in [0, 0.1) is 5.41 Å². The van der Waals surface area contributed by atoms with Gasteiger partial charge in [-0.2, -0.15) is 0 Å². The first-order valence-electron chi connectivity index (χ1n) is 10.6. The van der Waals surface area contributed by atoms with E-state index in [0.717, 1.165) is 36.2 Å². The van der Waals surface area contributed by atoms with Crippen LogP contribution in [0.25, 0.3) is 11.3 Å². The van der Waals surface area contributed by atoms with Crippen molar-refractivity contribution >= 4 is 17.7 Å². The summed E-state index contributed by atoms with van der Waals surface area (Å²) < 4.78 is 11.0. The summed E-state index contributed by atoms with van der Waals surface area (Å²) >= 11 is 0. The third-order valence-electron chi connectivity index (χ3n) is 4.83. The average molecular weight is 452 g/mol. The SMILES string of the molecule is C.CCCCc1cccc(-c2cc(Nc3cncc(CO)n3)c(C=N)c(OCCOC)c2)n1. The van der Waals surface area contributed by atoms with E-state index in [9.17, 15) is 5.11 Å². The number of hydrogen-bond acceptors (Lipinski definition) is 8. The van der Waals surface area contributed by atoms with Gasteiger partial charge in [0.05, 0.1) is 48.2 Å². The second kappa shape index (κ2) is 13.2. The number of nitrogens with zero attached hydrogens (tertiary/aromatic N) is 3. The van der Waals surface area contributed by atoms with Crippen LogP contribution >= 0.6 is 0 Å². The summed E-state index contributed by atoms with van der Waals surface area (Å²) in [6.45, 7) is 2.74. The fraction of sp³-hybridized carbons (Fsp3) is 0.360. The minimum absolute atomic E-state index is 0. The Hall–Kier alpha value is -3.36. The van der Waals surface area contributed by atoms with Crippen LogP contribution in [-0.2, 0) is 17.8 Å². The van der Waals surface area contributed by atoms with Crippen LogP contribution in [0.15, 0.2) is 42.7 Å². The molecule has 176 valence electrons. The Balaban J connectivity index is 0.00000385. The Morgan fingerprint density at radius 1 is 1.12 bits per heavy atom. The highest BCUT2D eigenvalue weighted by Gasteiger charge is 2.14. The van der Waals surface area contributed by atoms with Gasteiger partial charge >= 0.3 is 0 Å². The van der Waals surface area contributed by atoms with Crippen LogP contribution < -0.4 is 10.1 Å². The molecule has 0 unspecified atom stereocenters. The molecule has 3 aromatic rings. The summed E-state index contributed by atoms with van der Waals surface area (Å²) in [5.74, 6) is 1.01. The molecule has 0 amide bonds. The molecule has 0 atom stereocenters. The van der Waals surface area contributed by atoms with E-state index in [1.54, 1.807) is 13.3 Å². The largest absolute Gasteiger partial charge is 0.490 e. The van der Waals surface area contributed by atoms with Crippen LogP contribution in [0.4, 0.5) is 11.5 Å². The summed E-state index contributed by atoms with van der Waals surface area (Å²) in [7, 11) is 1.61. The smallest absolute Gasteiger partial charge is 0.149 e. The first-order valence-corrected chi connectivity index (χ1v) is 10.6. The molecule has 0 spiro atoms. The highest BCUT2D eigenvalue weighted by molar-refractivity contribution is 5.93. The molecule has 0 bridgehead atoms. The molecular weight excluding hydrogens is 418 g/mol. The summed E-state index contributed by atoms with van der Waals surface area (Å²) in [6.07, 6.45) is 7.43. The molecule has 0 aliphatic carbocycles. The predicted octanol–water partition coefficient (Wildman–Crippen LogP) is 4.78. The maximum Gasteiger partial charge on any atom is 0.149 e. The molecular formula is C25H33N5O3. The number of unbranched alkanes of at least 4 members (excludes halogenated alkanes) is 1. The molecule has 3 N–H and O–H groups in total. The minimum Gasteiger partial charge on any atom is -0.490 e. The third-order valence-corrected chi connectivity index (χ3v) is 4.83. The van der Waals surface area contributed by atoms with Gasteiger partial charge in [-0.05, 0) is 37.1 Å². The average Bonchev–Trinajstić information content (AvgIpc) is 2.83. The Morgan fingerprint density at radius 2 is 1.97 bits per heavy atom. The first kappa shape index (κ1) is 25.9. The predicted molar refractivity (Wildman–Crippen MR) is 132 cm³/mol. The number of hydrogen-bond donors (Lipinski definition) is 3. The molecule has 0 saturated heterocycles. The monoisotopic (exact) mass is 451 g/mol. The van der Waals surface area contributed by atoms with Gasteiger partial charge in [0.25, 0.3) is 0 Å². The van der Waals surface area contributed by atoms with Crippen LogP contribution in [0.5, 0.6) is 5.75 Å². The van der Waals surface area contributed by atoms with Crippen molar-refractivity contribution in [3.05, 3.63) is 59.7 Å². The highest BCUT2D eigenvalue weighted by atomic mass is 16.5. The van der Waals surface area contributed by atoms with Gasteiger partial charge in [0.15, 0.2) is 0 Å². The summed E-state index contributed by atoms with van der Waals surface area (Å²) in [6, 6.07) is 9.82. The third kappa shape index (κ3) is 7.06. The molecule has 1 aromatic carbocycles. The van der Waals surface area contributed by atoms with Crippen molar-refractivity contribution in [2.75, 3.05) is 25.6 Å². The lowest BCUT2D eigenvalue weighted by Gasteiger charge is -2.16. The standard InChI is InChI=1S/C24H29N5O3.CH4/c1-3-4-6-18-7-5-8-21(27-18)17-11-22(29-24-15-26-14-19(16-30)28-24)20(13-25)23(12-17)32-10-9-31-2;/h5,7-8,11-15,25,30H,3-4,6,9-10,16H2,1-2H3,(H,28,29);1H4. The molecule has 0 radical (unpaired) electrons. The maximum absolute atomic E-state index is 9.37. The summed E-state index contributed by atoms with van der Waals surface area (Å²) in [5, 5.41) is 20.5. The van der Waals surface area contributed by atoms with Gasteiger partial charge in [0, 0.05) is 24.6 Å². The molecule has 8 heteroatoms. The van der Waals surface area contributed by atoms with Crippen molar-refractivity contribution in [1.29, 1.82) is 5.41 Å². The van der Waals surface area contributed by atoms with Crippen molar-refractivity contribution in [3.63, 3.8) is 0 Å². The molecule has 2 heterocycles. The van der Waals surface area contributed by atoms with E-state index in [0.29, 0.717) is 41.7 Å². The molecule has 0 aliphatic heterocycles. The van der Waals surface area contributed by atoms with Crippen molar-refractivity contribution in [3.8, 4) is 17.0 Å². The molecule has 0 fully saturated rings. The zero-order valence-electron chi connectivity index (χ0n) is 18.5. The van der Waals surface area contributed by atoms with Crippen molar-refractivity contribution < 1.29 is 14.6 Å². The van der Waals surface area contributed by atoms with Crippen LogP contribution in [0.1, 0.15) is 44.1 Å². The number of anilines is 2. The van der Waals surface area contributed by atoms with E-state index in [-0.39, 0.29) is 14.0 Å². The van der Waals surface area contributed by atoms with Gasteiger partial charge in [0.2, 0.25) is 0 Å². The van der Waals surface area contributed by atoms with E-state index in [2.05, 4.69) is 22.2 Å². The van der Waals surface area contributed by atoms with Gasteiger partial charge in [0.1, 0.15) is 18.2 Å². The molecule has 8 nitrogen and oxygen atoms in total. The number of methoxy groups -OCH3 is 1. The number of aryl methyl sites for hydroxylation is 1. The van der Waals surface area contributed by atoms with E-state index >= 15 is 0 Å². The van der Waals surface area contributed by atoms with E-state index in [1.807, 2.05) is 30.3 Å². The number of nitrogens with one attached hydrogen (secondary N) is 2. The van der Waals surface area contributed by atoms with Gasteiger partial charge in [-0.1, -0.05) is 26.8 Å². The Morgan fingerprint density at radius 3 is 2.70 bits per heavy atom. The summed E-state index contributed by atoms with van der Waals surface area (Å²) in [5.41, 5.74) is 4.38. The lowest BCUT2D eigenvalue weighted by atomic mass is 10.0. The topological polar surface area (TPSA) is 113 Å². The number of aliphatic hydroxyl groups is 1. The van der Waals surface area contributed by atoms with E-state index < -0.39 is 0 Å². The van der Waals surface area contributed by atoms with Gasteiger partial charge in [-0.15, -0.1) is 0 Å². The number of aliphatic hydroxyl groups excluding tert-OH is 1. The Bertz CT molecular complexity index is 1040. The van der Waals surface area contributed by atoms with Crippen molar-refractivity contribution in [2.24, 2.45) is 0 Å². The number of ether oxygens (including phenoxy) is 2. The van der Waals surface area contributed by atoms with Crippen LogP contribution in [0.2, 0.25) is 0 Å². The lowest BCUT2D eigenvalue weighted by molar-refractivity contribution is 0.146. The molecule has 0 saturated carbocycles. The number of rotatable bonds is 12. The second-order valence-corrected chi connectivity index (χ2v) is 7.22. The van der Waals surface area contributed by atoms with Crippen LogP contribution in [0.3, 0.4) is 0 Å². The summed E-state index contributed by atoms with van der Waals surface area (Å²) in [4.78, 5) is 13.3.